The molecule has 0 radical (unpaired) electrons. The van der Waals surface area contributed by atoms with E-state index in [1.807, 2.05) is 31.2 Å². The Morgan fingerprint density at radius 2 is 2.00 bits per heavy atom. The fourth-order valence-electron chi connectivity index (χ4n) is 1.39. The molecular weight excluding hydrogens is 297 g/mol. The first-order chi connectivity index (χ1) is 8.60. The van der Waals surface area contributed by atoms with Crippen LogP contribution in [0.4, 0.5) is 0 Å². The number of rotatable bonds is 2. The van der Waals surface area contributed by atoms with Crippen LogP contribution in [0.2, 0.25) is 0 Å². The van der Waals surface area contributed by atoms with E-state index in [4.69, 9.17) is 0 Å². The number of hydrogen-bond donors (Lipinski definition) is 0. The van der Waals surface area contributed by atoms with Crippen LogP contribution in [0.1, 0.15) is 11.1 Å². The van der Waals surface area contributed by atoms with E-state index in [-0.39, 0.29) is 20.9 Å². The molecule has 0 saturated heterocycles. The topological polar surface area (TPSA) is 55.7 Å². The molecule has 0 spiro atoms. The number of carbonyl (C=O) groups is 2. The molecule has 1 heterocycles. The molecule has 18 heavy (non-hydrogen) atoms. The van der Waals surface area contributed by atoms with Crippen LogP contribution < -0.4 is 0 Å². The van der Waals surface area contributed by atoms with Crippen molar-refractivity contribution >= 4 is 31.4 Å². The van der Waals surface area contributed by atoms with E-state index in [0.717, 1.165) is 15.7 Å². The number of benzene rings is 1. The molecule has 0 aromatic heterocycles. The minimum atomic E-state index is -0.513. The van der Waals surface area contributed by atoms with Gasteiger partial charge in [-0.05, 0) is 0 Å². The summed E-state index contributed by atoms with van der Waals surface area (Å²) in [4.78, 5) is 26.7. The Morgan fingerprint density at radius 3 is 2.61 bits per heavy atom. The Kier molecular flexibility index (Phi) is 3.74. The van der Waals surface area contributed by atoms with Crippen LogP contribution in [-0.2, 0) is 14.3 Å². The molecule has 1 aliphatic heterocycles. The van der Waals surface area contributed by atoms with Crippen LogP contribution in [0.5, 0.6) is 0 Å². The summed E-state index contributed by atoms with van der Waals surface area (Å²) in [5, 5.41) is 0. The Hall–Kier alpha value is -1.71. The number of methoxy groups -OCH3 is 1. The van der Waals surface area contributed by atoms with Crippen LogP contribution >= 0.6 is 0 Å². The Bertz CT molecular complexity index is 558. The molecule has 1 aromatic rings. The van der Waals surface area contributed by atoms with Crippen molar-refractivity contribution in [2.75, 3.05) is 7.11 Å². The normalized spacial score (nSPS) is 16.9. The van der Waals surface area contributed by atoms with Gasteiger partial charge < -0.3 is 0 Å². The summed E-state index contributed by atoms with van der Waals surface area (Å²) in [6, 6.07) is 7.81. The number of amides is 1. The zero-order valence-electron chi connectivity index (χ0n) is 9.97. The SMILES string of the molecule is COC(=O)/C=C1/[Se]C(c2ccc(C)cc2)=NC1=O. The third-order valence-electron chi connectivity index (χ3n) is 2.37. The molecule has 0 bridgehead atoms. The number of hydrogen-bond acceptors (Lipinski definition) is 3. The van der Waals surface area contributed by atoms with E-state index in [9.17, 15) is 9.59 Å². The molecule has 0 aliphatic carbocycles. The fourth-order valence-corrected chi connectivity index (χ4v) is 3.24. The van der Waals surface area contributed by atoms with Gasteiger partial charge >= 0.3 is 111 Å². The van der Waals surface area contributed by atoms with Crippen molar-refractivity contribution in [2.24, 2.45) is 4.99 Å². The predicted octanol–water partition coefficient (Wildman–Crippen LogP) is 1.04. The van der Waals surface area contributed by atoms with Crippen LogP contribution in [0, 0.1) is 6.92 Å². The molecule has 0 N–H and O–H groups in total. The Morgan fingerprint density at radius 1 is 1.33 bits per heavy atom. The first-order valence-corrected chi connectivity index (χ1v) is 6.99. The van der Waals surface area contributed by atoms with E-state index in [0.29, 0.717) is 4.47 Å². The van der Waals surface area contributed by atoms with Gasteiger partial charge in [-0.25, -0.2) is 0 Å². The van der Waals surface area contributed by atoms with Crippen molar-refractivity contribution in [3.05, 3.63) is 45.9 Å². The molecule has 1 aliphatic rings. The molecule has 1 aromatic carbocycles. The monoisotopic (exact) mass is 309 g/mol. The van der Waals surface area contributed by atoms with Gasteiger partial charge in [0.25, 0.3) is 0 Å². The van der Waals surface area contributed by atoms with Crippen molar-refractivity contribution in [3.63, 3.8) is 0 Å². The average molecular weight is 308 g/mol. The van der Waals surface area contributed by atoms with Gasteiger partial charge in [0.15, 0.2) is 0 Å². The molecule has 5 heteroatoms. The zero-order chi connectivity index (χ0) is 13.1. The van der Waals surface area contributed by atoms with Crippen LogP contribution in [0.15, 0.2) is 39.8 Å². The van der Waals surface area contributed by atoms with Gasteiger partial charge in [-0.3, -0.25) is 0 Å². The van der Waals surface area contributed by atoms with Crippen molar-refractivity contribution in [1.82, 2.24) is 0 Å². The summed E-state index contributed by atoms with van der Waals surface area (Å²) < 4.78 is 5.70. The number of nitrogens with zero attached hydrogens (tertiary/aromatic N) is 1. The van der Waals surface area contributed by atoms with E-state index >= 15 is 0 Å². The maximum atomic E-state index is 11.6. The third-order valence-corrected chi connectivity index (χ3v) is 4.54. The standard InChI is InChI=1S/C13H11NO3Se/c1-8-3-5-9(6-4-8)13-14-12(16)10(18-13)7-11(15)17-2/h3-7H,1-2H3/b10-7+. The Balaban J connectivity index is 2.22. The van der Waals surface area contributed by atoms with Crippen LogP contribution in [0.3, 0.4) is 0 Å². The van der Waals surface area contributed by atoms with Gasteiger partial charge in [0.05, 0.1) is 0 Å². The summed E-state index contributed by atoms with van der Waals surface area (Å²) >= 11 is -0.236. The maximum absolute atomic E-state index is 11.6. The number of carbonyl (C=O) groups excluding carboxylic acids is 2. The Labute approximate surface area is 111 Å². The van der Waals surface area contributed by atoms with Gasteiger partial charge in [-0.1, -0.05) is 0 Å². The molecule has 1 amide bonds. The predicted molar refractivity (Wildman–Crippen MR) is 68.6 cm³/mol. The van der Waals surface area contributed by atoms with E-state index < -0.39 is 5.97 Å². The molecule has 0 unspecified atom stereocenters. The molecule has 92 valence electrons. The number of aryl methyl sites for hydroxylation is 1. The van der Waals surface area contributed by atoms with Crippen molar-refractivity contribution < 1.29 is 14.3 Å². The number of ether oxygens (including phenoxy) is 1. The van der Waals surface area contributed by atoms with Crippen LogP contribution in [0.25, 0.3) is 0 Å². The molecule has 0 atom stereocenters. The van der Waals surface area contributed by atoms with Crippen molar-refractivity contribution in [3.8, 4) is 0 Å². The molecule has 0 fully saturated rings. The van der Waals surface area contributed by atoms with Gasteiger partial charge in [-0.15, -0.1) is 0 Å². The first kappa shape index (κ1) is 12.7. The zero-order valence-corrected chi connectivity index (χ0v) is 11.7. The second-order valence-corrected chi connectivity index (χ2v) is 5.88. The summed E-state index contributed by atoms with van der Waals surface area (Å²) in [5.41, 5.74) is 2.09. The van der Waals surface area contributed by atoms with Crippen LogP contribution in [-0.4, -0.2) is 38.6 Å². The van der Waals surface area contributed by atoms with Gasteiger partial charge in [0, 0.05) is 0 Å². The van der Waals surface area contributed by atoms with Gasteiger partial charge in [0.1, 0.15) is 0 Å². The molecule has 0 saturated carbocycles. The van der Waals surface area contributed by atoms with Crippen molar-refractivity contribution in [1.29, 1.82) is 0 Å². The number of esters is 1. The third kappa shape index (κ3) is 2.75. The minimum absolute atomic E-state index is 0.236. The van der Waals surface area contributed by atoms with Gasteiger partial charge in [-0.2, -0.15) is 0 Å². The van der Waals surface area contributed by atoms with Crippen molar-refractivity contribution in [2.45, 2.75) is 6.92 Å². The second-order valence-electron chi connectivity index (χ2n) is 3.72. The van der Waals surface area contributed by atoms with E-state index in [1.165, 1.54) is 13.2 Å². The summed E-state index contributed by atoms with van der Waals surface area (Å²) in [6.45, 7) is 2.00. The summed E-state index contributed by atoms with van der Waals surface area (Å²) in [5.74, 6) is -0.850. The second kappa shape index (κ2) is 5.29. The molecule has 4 nitrogen and oxygen atoms in total. The van der Waals surface area contributed by atoms with E-state index in [2.05, 4.69) is 9.73 Å². The van der Waals surface area contributed by atoms with E-state index in [1.54, 1.807) is 0 Å². The first-order valence-electron chi connectivity index (χ1n) is 5.27. The summed E-state index contributed by atoms with van der Waals surface area (Å²) in [7, 11) is 1.29. The van der Waals surface area contributed by atoms with Gasteiger partial charge in [0.2, 0.25) is 0 Å². The average Bonchev–Trinajstić information content (AvgIpc) is 2.71. The quantitative estimate of drug-likeness (QED) is 0.466. The molecule has 2 rings (SSSR count). The fraction of sp³-hybridized carbons (Fsp3) is 0.154. The summed E-state index contributed by atoms with van der Waals surface area (Å²) in [6.07, 6.45) is 1.23. The number of aliphatic imine (C=N–C) groups is 1. The molecular formula is C13H11NO3Se.